The van der Waals surface area contributed by atoms with E-state index in [1.807, 2.05) is 0 Å². The minimum absolute atomic E-state index is 0.139. The van der Waals surface area contributed by atoms with Crippen LogP contribution in [0.15, 0.2) is 78.2 Å². The minimum atomic E-state index is -3.83. The normalized spacial score (nSPS) is 10.8. The van der Waals surface area contributed by atoms with Crippen molar-refractivity contribution in [3.8, 4) is 0 Å². The van der Waals surface area contributed by atoms with Crippen LogP contribution in [0, 0.1) is 0 Å². The van der Waals surface area contributed by atoms with Crippen LogP contribution in [0.2, 0.25) is 0 Å². The van der Waals surface area contributed by atoms with E-state index in [9.17, 15) is 13.2 Å². The molecular formula is C17H18N2O3S. The largest absolute Gasteiger partial charge is 0.351 e. The summed E-state index contributed by atoms with van der Waals surface area (Å²) in [5, 5.41) is 2.59. The van der Waals surface area contributed by atoms with Crippen molar-refractivity contribution in [2.24, 2.45) is 0 Å². The van der Waals surface area contributed by atoms with E-state index in [1.54, 1.807) is 48.5 Å². The maximum Gasteiger partial charge on any atom is 0.264 e. The number of carbonyl (C=O) groups is 1. The molecule has 2 aromatic carbocycles. The minimum Gasteiger partial charge on any atom is -0.351 e. The fourth-order valence-corrected chi connectivity index (χ4v) is 3.44. The molecule has 1 N–H and O–H groups in total. The Morgan fingerprint density at radius 3 is 2.17 bits per heavy atom. The number of carbonyl (C=O) groups excluding carboxylic acids is 1. The molecule has 0 aromatic heterocycles. The van der Waals surface area contributed by atoms with Crippen molar-refractivity contribution in [3.63, 3.8) is 0 Å². The van der Waals surface area contributed by atoms with Gasteiger partial charge in [-0.1, -0.05) is 42.5 Å². The van der Waals surface area contributed by atoms with Gasteiger partial charge < -0.3 is 5.32 Å². The monoisotopic (exact) mass is 330 g/mol. The van der Waals surface area contributed by atoms with Crippen molar-refractivity contribution in [1.82, 2.24) is 5.32 Å². The third-order valence-electron chi connectivity index (χ3n) is 3.11. The Morgan fingerprint density at radius 2 is 1.61 bits per heavy atom. The summed E-state index contributed by atoms with van der Waals surface area (Å²) in [6.45, 7) is 3.51. The molecule has 2 rings (SSSR count). The van der Waals surface area contributed by atoms with Crippen molar-refractivity contribution in [2.75, 3.05) is 17.4 Å². The highest BCUT2D eigenvalue weighted by molar-refractivity contribution is 7.92. The van der Waals surface area contributed by atoms with Crippen LogP contribution in [0.5, 0.6) is 0 Å². The van der Waals surface area contributed by atoms with Gasteiger partial charge in [0.1, 0.15) is 6.54 Å². The van der Waals surface area contributed by atoms with Gasteiger partial charge in [-0.3, -0.25) is 9.10 Å². The molecule has 1 amide bonds. The fourth-order valence-electron chi connectivity index (χ4n) is 2.00. The van der Waals surface area contributed by atoms with Crippen molar-refractivity contribution in [2.45, 2.75) is 4.90 Å². The van der Waals surface area contributed by atoms with Crippen LogP contribution in [-0.2, 0) is 14.8 Å². The summed E-state index contributed by atoms with van der Waals surface area (Å²) in [6.07, 6.45) is 1.54. The van der Waals surface area contributed by atoms with Crippen LogP contribution in [0.25, 0.3) is 0 Å². The molecule has 0 fully saturated rings. The third-order valence-corrected chi connectivity index (χ3v) is 4.89. The lowest BCUT2D eigenvalue weighted by molar-refractivity contribution is -0.119. The third kappa shape index (κ3) is 4.20. The second-order valence-electron chi connectivity index (χ2n) is 4.75. The molecular weight excluding hydrogens is 312 g/mol. The van der Waals surface area contributed by atoms with E-state index >= 15 is 0 Å². The van der Waals surface area contributed by atoms with Gasteiger partial charge in [0.2, 0.25) is 5.91 Å². The molecule has 23 heavy (non-hydrogen) atoms. The van der Waals surface area contributed by atoms with Crippen molar-refractivity contribution < 1.29 is 13.2 Å². The predicted octanol–water partition coefficient (Wildman–Crippen LogP) is 2.18. The molecule has 0 atom stereocenters. The van der Waals surface area contributed by atoms with Gasteiger partial charge in [-0.25, -0.2) is 8.42 Å². The summed E-state index contributed by atoms with van der Waals surface area (Å²) >= 11 is 0. The molecule has 0 aliphatic rings. The first-order chi connectivity index (χ1) is 11.1. The Morgan fingerprint density at radius 1 is 1.04 bits per heavy atom. The maximum absolute atomic E-state index is 12.9. The number of rotatable bonds is 7. The van der Waals surface area contributed by atoms with E-state index in [0.717, 1.165) is 4.31 Å². The maximum atomic E-state index is 12.9. The van der Waals surface area contributed by atoms with Crippen LogP contribution in [0.1, 0.15) is 0 Å². The lowest BCUT2D eigenvalue weighted by Crippen LogP contribution is -2.40. The first-order valence-corrected chi connectivity index (χ1v) is 8.50. The summed E-state index contributed by atoms with van der Waals surface area (Å²) in [4.78, 5) is 12.1. The van der Waals surface area contributed by atoms with Gasteiger partial charge in [0.05, 0.1) is 10.6 Å². The van der Waals surface area contributed by atoms with E-state index in [2.05, 4.69) is 11.9 Å². The first kappa shape index (κ1) is 16.8. The topological polar surface area (TPSA) is 66.5 Å². The number of para-hydroxylation sites is 1. The Hall–Kier alpha value is -2.60. The highest BCUT2D eigenvalue weighted by Gasteiger charge is 2.26. The van der Waals surface area contributed by atoms with Gasteiger partial charge in [-0.2, -0.15) is 0 Å². The predicted molar refractivity (Wildman–Crippen MR) is 90.6 cm³/mol. The van der Waals surface area contributed by atoms with Gasteiger partial charge in [0.25, 0.3) is 10.0 Å². The van der Waals surface area contributed by atoms with Crippen LogP contribution >= 0.6 is 0 Å². The second-order valence-corrected chi connectivity index (χ2v) is 6.62. The average Bonchev–Trinajstić information content (AvgIpc) is 2.59. The number of hydrogen-bond donors (Lipinski definition) is 1. The average molecular weight is 330 g/mol. The summed E-state index contributed by atoms with van der Waals surface area (Å²) in [5.41, 5.74) is 0.435. The van der Waals surface area contributed by atoms with E-state index in [1.165, 1.54) is 18.2 Å². The van der Waals surface area contributed by atoms with Gasteiger partial charge >= 0.3 is 0 Å². The van der Waals surface area contributed by atoms with Crippen LogP contribution < -0.4 is 9.62 Å². The summed E-state index contributed by atoms with van der Waals surface area (Å²) in [7, 11) is -3.83. The van der Waals surface area contributed by atoms with E-state index in [-0.39, 0.29) is 18.0 Å². The molecule has 6 heteroatoms. The molecule has 0 radical (unpaired) electrons. The van der Waals surface area contributed by atoms with Crippen LogP contribution in [-0.4, -0.2) is 27.4 Å². The SMILES string of the molecule is C=CCNC(=O)CN(c1ccccc1)S(=O)(=O)c1ccccc1. The zero-order valence-corrected chi connectivity index (χ0v) is 13.4. The van der Waals surface area contributed by atoms with E-state index in [4.69, 9.17) is 0 Å². The van der Waals surface area contributed by atoms with Crippen molar-refractivity contribution >= 4 is 21.6 Å². The fraction of sp³-hybridized carbons (Fsp3) is 0.118. The quantitative estimate of drug-likeness (QED) is 0.791. The Bertz CT molecular complexity index is 759. The Labute approximate surface area is 136 Å². The summed E-state index contributed by atoms with van der Waals surface area (Å²) < 4.78 is 26.8. The number of amides is 1. The zero-order chi connectivity index (χ0) is 16.7. The molecule has 2 aromatic rings. The van der Waals surface area contributed by atoms with Gasteiger partial charge in [-0.05, 0) is 24.3 Å². The molecule has 0 unspecified atom stereocenters. The zero-order valence-electron chi connectivity index (χ0n) is 12.6. The van der Waals surface area contributed by atoms with Crippen molar-refractivity contribution in [3.05, 3.63) is 73.3 Å². The van der Waals surface area contributed by atoms with Crippen LogP contribution in [0.3, 0.4) is 0 Å². The lowest BCUT2D eigenvalue weighted by atomic mass is 10.3. The smallest absolute Gasteiger partial charge is 0.264 e. The van der Waals surface area contributed by atoms with E-state index < -0.39 is 15.9 Å². The van der Waals surface area contributed by atoms with Gasteiger partial charge in [-0.15, -0.1) is 6.58 Å². The first-order valence-electron chi connectivity index (χ1n) is 7.06. The number of benzene rings is 2. The highest BCUT2D eigenvalue weighted by atomic mass is 32.2. The molecule has 0 saturated carbocycles. The second kappa shape index (κ2) is 7.60. The van der Waals surface area contributed by atoms with Crippen LogP contribution in [0.4, 0.5) is 5.69 Å². The summed E-state index contributed by atoms with van der Waals surface area (Å²) in [6, 6.07) is 16.6. The number of nitrogens with zero attached hydrogens (tertiary/aromatic N) is 1. The summed E-state index contributed by atoms with van der Waals surface area (Å²) in [5.74, 6) is -0.395. The standard InChI is InChI=1S/C17H18N2O3S/c1-2-13-18-17(20)14-19(15-9-5-3-6-10-15)23(21,22)16-11-7-4-8-12-16/h2-12H,1,13-14H2,(H,18,20). The number of sulfonamides is 1. The number of hydrogen-bond acceptors (Lipinski definition) is 3. The van der Waals surface area contributed by atoms with Gasteiger partial charge in [0, 0.05) is 6.54 Å². The molecule has 0 aliphatic carbocycles. The Kier molecular flexibility index (Phi) is 5.54. The molecule has 0 saturated heterocycles. The van der Waals surface area contributed by atoms with E-state index in [0.29, 0.717) is 5.69 Å². The molecule has 5 nitrogen and oxygen atoms in total. The Balaban J connectivity index is 2.38. The molecule has 0 aliphatic heterocycles. The number of nitrogens with one attached hydrogen (secondary N) is 1. The highest BCUT2D eigenvalue weighted by Crippen LogP contribution is 2.22. The van der Waals surface area contributed by atoms with Gasteiger partial charge in [0.15, 0.2) is 0 Å². The molecule has 120 valence electrons. The lowest BCUT2D eigenvalue weighted by Gasteiger charge is -2.24. The molecule has 0 spiro atoms. The molecule has 0 heterocycles. The molecule has 0 bridgehead atoms. The number of anilines is 1. The van der Waals surface area contributed by atoms with Crippen molar-refractivity contribution in [1.29, 1.82) is 0 Å².